The first kappa shape index (κ1) is 16.0. The van der Waals surface area contributed by atoms with E-state index >= 15 is 0 Å². The first-order chi connectivity index (χ1) is 11.1. The highest BCUT2D eigenvalue weighted by atomic mass is 35.5. The smallest absolute Gasteiger partial charge is 0.274 e. The molecule has 8 heteroatoms. The van der Waals surface area contributed by atoms with Crippen molar-refractivity contribution in [1.29, 1.82) is 0 Å². The van der Waals surface area contributed by atoms with Crippen molar-refractivity contribution in [2.45, 2.75) is 0 Å². The number of aromatic nitrogens is 2. The van der Waals surface area contributed by atoms with Gasteiger partial charge in [0, 0.05) is 35.0 Å². The Hall–Kier alpha value is -1.89. The number of nitrogens with one attached hydrogen (secondary N) is 1. The van der Waals surface area contributed by atoms with Gasteiger partial charge in [-0.3, -0.25) is 4.79 Å². The lowest BCUT2D eigenvalue weighted by molar-refractivity contribution is 0.102. The van der Waals surface area contributed by atoms with Crippen molar-refractivity contribution in [3.63, 3.8) is 0 Å². The Morgan fingerprint density at radius 3 is 2.57 bits per heavy atom. The molecule has 1 aromatic heterocycles. The van der Waals surface area contributed by atoms with E-state index in [4.69, 9.17) is 27.9 Å². The fraction of sp³-hybridized carbons (Fsp3) is 0.267. The Bertz CT molecular complexity index is 700. The lowest BCUT2D eigenvalue weighted by Gasteiger charge is -2.26. The van der Waals surface area contributed by atoms with Crippen molar-refractivity contribution in [2.75, 3.05) is 36.5 Å². The molecule has 1 saturated heterocycles. The van der Waals surface area contributed by atoms with Gasteiger partial charge in [-0.05, 0) is 24.3 Å². The number of halogens is 2. The minimum atomic E-state index is -0.347. The van der Waals surface area contributed by atoms with Crippen LogP contribution in [0.25, 0.3) is 0 Å². The summed E-state index contributed by atoms with van der Waals surface area (Å²) < 4.78 is 5.30. The first-order valence-electron chi connectivity index (χ1n) is 7.05. The fourth-order valence-electron chi connectivity index (χ4n) is 2.21. The van der Waals surface area contributed by atoms with E-state index in [9.17, 15) is 4.79 Å². The molecule has 1 aromatic carbocycles. The zero-order valence-corrected chi connectivity index (χ0v) is 13.6. The monoisotopic (exact) mass is 352 g/mol. The second-order valence-electron chi connectivity index (χ2n) is 4.95. The van der Waals surface area contributed by atoms with E-state index in [1.165, 1.54) is 0 Å². The summed E-state index contributed by atoms with van der Waals surface area (Å²) in [5, 5.41) is 3.63. The summed E-state index contributed by atoms with van der Waals surface area (Å²) in [7, 11) is 0. The van der Waals surface area contributed by atoms with Gasteiger partial charge in [0.2, 0.25) is 5.95 Å². The Balaban J connectivity index is 1.76. The molecule has 0 unspecified atom stereocenters. The summed E-state index contributed by atoms with van der Waals surface area (Å²) in [6.07, 6.45) is 1.57. The van der Waals surface area contributed by atoms with Gasteiger partial charge in [0.05, 0.1) is 13.2 Å². The highest BCUT2D eigenvalue weighted by Crippen LogP contribution is 2.23. The van der Waals surface area contributed by atoms with E-state index in [0.717, 1.165) is 0 Å². The number of anilines is 2. The van der Waals surface area contributed by atoms with Crippen LogP contribution in [0.4, 0.5) is 11.6 Å². The molecule has 3 rings (SSSR count). The minimum Gasteiger partial charge on any atom is -0.378 e. The number of amides is 1. The number of rotatable bonds is 3. The number of nitrogens with zero attached hydrogens (tertiary/aromatic N) is 3. The van der Waals surface area contributed by atoms with Crippen LogP contribution in [0.15, 0.2) is 30.5 Å². The molecular formula is C15H14Cl2N4O2. The van der Waals surface area contributed by atoms with Crippen LogP contribution in [0.3, 0.4) is 0 Å². The van der Waals surface area contributed by atoms with Crippen LogP contribution in [-0.2, 0) is 4.74 Å². The molecule has 0 radical (unpaired) electrons. The average molecular weight is 353 g/mol. The van der Waals surface area contributed by atoms with E-state index in [0.29, 0.717) is 48.0 Å². The zero-order valence-electron chi connectivity index (χ0n) is 12.1. The molecule has 0 saturated carbocycles. The molecule has 0 aliphatic carbocycles. The topological polar surface area (TPSA) is 67.4 Å². The predicted octanol–water partition coefficient (Wildman–Crippen LogP) is 2.87. The van der Waals surface area contributed by atoms with Crippen LogP contribution in [0.5, 0.6) is 0 Å². The third-order valence-corrected chi connectivity index (χ3v) is 3.73. The molecule has 0 bridgehead atoms. The Kier molecular flexibility index (Phi) is 4.95. The summed E-state index contributed by atoms with van der Waals surface area (Å²) in [5.74, 6) is 0.172. The van der Waals surface area contributed by atoms with Crippen LogP contribution in [0.2, 0.25) is 10.0 Å². The van der Waals surface area contributed by atoms with Crippen molar-refractivity contribution >= 4 is 40.7 Å². The Morgan fingerprint density at radius 1 is 1.17 bits per heavy atom. The SMILES string of the molecule is O=C(Nc1cc(Cl)cc(Cl)c1)c1ccnc(N2CCOCC2)n1. The van der Waals surface area contributed by atoms with Gasteiger partial charge >= 0.3 is 0 Å². The minimum absolute atomic E-state index is 0.276. The highest BCUT2D eigenvalue weighted by molar-refractivity contribution is 6.35. The second-order valence-corrected chi connectivity index (χ2v) is 5.83. The van der Waals surface area contributed by atoms with Gasteiger partial charge in [0.15, 0.2) is 0 Å². The van der Waals surface area contributed by atoms with Crippen LogP contribution in [0.1, 0.15) is 10.5 Å². The molecule has 0 atom stereocenters. The lowest BCUT2D eigenvalue weighted by atomic mass is 10.3. The second kappa shape index (κ2) is 7.12. The van der Waals surface area contributed by atoms with Gasteiger partial charge in [0.25, 0.3) is 5.91 Å². The highest BCUT2D eigenvalue weighted by Gasteiger charge is 2.16. The van der Waals surface area contributed by atoms with Crippen LogP contribution >= 0.6 is 23.2 Å². The van der Waals surface area contributed by atoms with E-state index in [1.54, 1.807) is 30.5 Å². The third kappa shape index (κ3) is 4.10. The van der Waals surface area contributed by atoms with E-state index in [1.807, 2.05) is 4.90 Å². The van der Waals surface area contributed by atoms with E-state index < -0.39 is 0 Å². The molecule has 23 heavy (non-hydrogen) atoms. The van der Waals surface area contributed by atoms with Gasteiger partial charge in [-0.1, -0.05) is 23.2 Å². The van der Waals surface area contributed by atoms with Crippen molar-refractivity contribution in [1.82, 2.24) is 9.97 Å². The maximum Gasteiger partial charge on any atom is 0.274 e. The molecule has 1 aliphatic heterocycles. The van der Waals surface area contributed by atoms with E-state index in [2.05, 4.69) is 15.3 Å². The van der Waals surface area contributed by atoms with Crippen LogP contribution in [-0.4, -0.2) is 42.2 Å². The number of benzene rings is 1. The number of hydrogen-bond acceptors (Lipinski definition) is 5. The zero-order chi connectivity index (χ0) is 16.2. The molecule has 1 aliphatic rings. The number of carbonyl (C=O) groups excluding carboxylic acids is 1. The summed E-state index contributed by atoms with van der Waals surface area (Å²) >= 11 is 11.9. The van der Waals surface area contributed by atoms with Crippen molar-refractivity contribution in [3.8, 4) is 0 Å². The molecule has 120 valence electrons. The van der Waals surface area contributed by atoms with Crippen molar-refractivity contribution < 1.29 is 9.53 Å². The predicted molar refractivity (Wildman–Crippen MR) is 89.5 cm³/mol. The summed E-state index contributed by atoms with van der Waals surface area (Å²) in [6.45, 7) is 2.66. The van der Waals surface area contributed by atoms with Gasteiger partial charge < -0.3 is 15.0 Å². The van der Waals surface area contributed by atoms with Crippen molar-refractivity contribution in [3.05, 3.63) is 46.2 Å². The summed E-state index contributed by atoms with van der Waals surface area (Å²) in [5.41, 5.74) is 0.789. The summed E-state index contributed by atoms with van der Waals surface area (Å²) in [6, 6.07) is 6.40. The number of hydrogen-bond donors (Lipinski definition) is 1. The van der Waals surface area contributed by atoms with Gasteiger partial charge in [-0.2, -0.15) is 0 Å². The average Bonchev–Trinajstić information content (AvgIpc) is 2.55. The molecule has 0 spiro atoms. The normalized spacial score (nSPS) is 14.6. The van der Waals surface area contributed by atoms with Gasteiger partial charge in [-0.25, -0.2) is 9.97 Å². The largest absolute Gasteiger partial charge is 0.378 e. The standard InChI is InChI=1S/C15H14Cl2N4O2/c16-10-7-11(17)9-12(8-10)19-14(22)13-1-2-18-15(20-13)21-3-5-23-6-4-21/h1-2,7-9H,3-6H2,(H,19,22). The first-order valence-corrected chi connectivity index (χ1v) is 7.80. The maximum absolute atomic E-state index is 12.3. The molecule has 2 aromatic rings. The van der Waals surface area contributed by atoms with E-state index in [-0.39, 0.29) is 11.6 Å². The lowest BCUT2D eigenvalue weighted by Crippen LogP contribution is -2.37. The number of ether oxygens (including phenoxy) is 1. The van der Waals surface area contributed by atoms with Crippen LogP contribution < -0.4 is 10.2 Å². The number of carbonyl (C=O) groups is 1. The Labute approximate surface area is 143 Å². The molecule has 1 N–H and O–H groups in total. The molecule has 2 heterocycles. The van der Waals surface area contributed by atoms with Gasteiger partial charge in [-0.15, -0.1) is 0 Å². The van der Waals surface area contributed by atoms with Gasteiger partial charge in [0.1, 0.15) is 5.69 Å². The molecule has 1 fully saturated rings. The maximum atomic E-state index is 12.3. The molecule has 1 amide bonds. The quantitative estimate of drug-likeness (QED) is 0.919. The van der Waals surface area contributed by atoms with Crippen molar-refractivity contribution in [2.24, 2.45) is 0 Å². The summed E-state index contributed by atoms with van der Waals surface area (Å²) in [4.78, 5) is 22.9. The number of morpholine rings is 1. The molecule has 6 nitrogen and oxygen atoms in total. The third-order valence-electron chi connectivity index (χ3n) is 3.29. The Morgan fingerprint density at radius 2 is 1.87 bits per heavy atom. The van der Waals surface area contributed by atoms with Crippen LogP contribution in [0, 0.1) is 0 Å². The fourth-order valence-corrected chi connectivity index (χ4v) is 2.74. The molecular weight excluding hydrogens is 339 g/mol.